The summed E-state index contributed by atoms with van der Waals surface area (Å²) in [4.78, 5) is 19.1. The molecular formula is C26H22F2N6O3. The molecule has 1 aliphatic rings. The predicted molar refractivity (Wildman–Crippen MR) is 130 cm³/mol. The zero-order valence-electron chi connectivity index (χ0n) is 20.1. The highest BCUT2D eigenvalue weighted by molar-refractivity contribution is 5.52. The molecular weight excluding hydrogens is 482 g/mol. The van der Waals surface area contributed by atoms with Gasteiger partial charge in [-0.1, -0.05) is 6.07 Å². The number of aromatic nitrogens is 4. The Labute approximate surface area is 210 Å². The van der Waals surface area contributed by atoms with Crippen molar-refractivity contribution < 1.29 is 18.3 Å². The van der Waals surface area contributed by atoms with Crippen LogP contribution in [0.4, 0.5) is 14.6 Å². The topological polar surface area (TPSA) is 98.2 Å². The summed E-state index contributed by atoms with van der Waals surface area (Å²) in [5.74, 6) is 0.333. The normalized spacial score (nSPS) is 14.2. The van der Waals surface area contributed by atoms with Gasteiger partial charge in [-0.25, -0.2) is 18.6 Å². The second-order valence-corrected chi connectivity index (χ2v) is 8.72. The van der Waals surface area contributed by atoms with E-state index >= 15 is 0 Å². The lowest BCUT2D eigenvalue weighted by Gasteiger charge is -2.44. The fourth-order valence-electron chi connectivity index (χ4n) is 4.01. The van der Waals surface area contributed by atoms with E-state index in [1.54, 1.807) is 36.5 Å². The van der Waals surface area contributed by atoms with Gasteiger partial charge in [0.1, 0.15) is 41.3 Å². The number of rotatable bonds is 7. The number of pyridine rings is 1. The van der Waals surface area contributed by atoms with Gasteiger partial charge in [0.25, 0.3) is 0 Å². The first kappa shape index (κ1) is 24.1. The molecule has 0 unspecified atom stereocenters. The zero-order chi connectivity index (χ0) is 26.2. The second-order valence-electron chi connectivity index (χ2n) is 8.72. The first-order valence-electron chi connectivity index (χ1n) is 11.4. The summed E-state index contributed by atoms with van der Waals surface area (Å²) < 4.78 is 41.6. The summed E-state index contributed by atoms with van der Waals surface area (Å²) in [6.45, 7) is 2.42. The van der Waals surface area contributed by atoms with Crippen LogP contribution in [0, 0.1) is 29.9 Å². The molecule has 0 aliphatic carbocycles. The molecule has 2 aromatic carbocycles. The van der Waals surface area contributed by atoms with Crippen LogP contribution >= 0.6 is 0 Å². The van der Waals surface area contributed by atoms with Crippen molar-refractivity contribution >= 4 is 5.82 Å². The molecule has 0 amide bonds. The van der Waals surface area contributed by atoms with Crippen LogP contribution < -0.4 is 15.3 Å². The molecule has 0 bridgehead atoms. The average Bonchev–Trinajstić information content (AvgIpc) is 3.23. The lowest BCUT2D eigenvalue weighted by atomic mass is 9.96. The van der Waals surface area contributed by atoms with Gasteiger partial charge in [-0.05, 0) is 43.3 Å². The van der Waals surface area contributed by atoms with Gasteiger partial charge in [-0.3, -0.25) is 4.57 Å². The largest absolute Gasteiger partial charge is 0.457 e. The molecule has 0 N–H and O–H groups in total. The third-order valence-corrected chi connectivity index (χ3v) is 6.28. The van der Waals surface area contributed by atoms with Crippen LogP contribution in [0.15, 0.2) is 65.8 Å². The minimum absolute atomic E-state index is 0.209. The Kier molecular flexibility index (Phi) is 6.19. The maximum atomic E-state index is 14.0. The summed E-state index contributed by atoms with van der Waals surface area (Å²) in [6, 6.07) is 14.2. The van der Waals surface area contributed by atoms with Crippen molar-refractivity contribution in [1.82, 2.24) is 19.3 Å². The maximum absolute atomic E-state index is 14.0. The zero-order valence-corrected chi connectivity index (χ0v) is 20.1. The molecule has 0 atom stereocenters. The summed E-state index contributed by atoms with van der Waals surface area (Å²) in [5.41, 5.74) is -0.284. The molecule has 5 rings (SSSR count). The molecule has 9 nitrogen and oxygen atoms in total. The molecule has 3 heterocycles. The Morgan fingerprint density at radius 2 is 1.84 bits per heavy atom. The maximum Gasteiger partial charge on any atom is 0.350 e. The summed E-state index contributed by atoms with van der Waals surface area (Å²) in [6.07, 6.45) is 2.93. The van der Waals surface area contributed by atoms with Gasteiger partial charge in [0, 0.05) is 30.5 Å². The summed E-state index contributed by atoms with van der Waals surface area (Å²) >= 11 is 0. The lowest BCUT2D eigenvalue weighted by molar-refractivity contribution is 0.0151. The Balaban J connectivity index is 1.31. The van der Waals surface area contributed by atoms with Crippen LogP contribution in [0.25, 0.3) is 5.69 Å². The monoisotopic (exact) mass is 504 g/mol. The minimum Gasteiger partial charge on any atom is -0.457 e. The van der Waals surface area contributed by atoms with E-state index in [1.165, 1.54) is 19.5 Å². The fraction of sp³-hybridized carbons (Fsp3) is 0.231. The van der Waals surface area contributed by atoms with Gasteiger partial charge in [0.2, 0.25) is 0 Å². The van der Waals surface area contributed by atoms with Gasteiger partial charge in [0.05, 0.1) is 25.3 Å². The Morgan fingerprint density at radius 1 is 1.14 bits per heavy atom. The van der Waals surface area contributed by atoms with Crippen molar-refractivity contribution in [2.75, 3.05) is 25.1 Å². The number of aryl methyl sites for hydroxylation is 1. The number of hydrogen-bond acceptors (Lipinski definition) is 7. The molecule has 188 valence electrons. The van der Waals surface area contributed by atoms with Crippen LogP contribution in [0.5, 0.6) is 11.5 Å². The third kappa shape index (κ3) is 4.54. The quantitative estimate of drug-likeness (QED) is 0.379. The first-order chi connectivity index (χ1) is 17.8. The van der Waals surface area contributed by atoms with Crippen LogP contribution in [0.1, 0.15) is 11.1 Å². The van der Waals surface area contributed by atoms with E-state index < -0.39 is 22.9 Å². The predicted octanol–water partition coefficient (Wildman–Crippen LogP) is 3.59. The molecule has 0 spiro atoms. The van der Waals surface area contributed by atoms with Gasteiger partial charge in [-0.2, -0.15) is 15.0 Å². The summed E-state index contributed by atoms with van der Waals surface area (Å²) in [7, 11) is 1.52. The van der Waals surface area contributed by atoms with E-state index in [0.717, 1.165) is 26.9 Å². The third-order valence-electron chi connectivity index (χ3n) is 6.28. The number of nitriles is 1. The Morgan fingerprint density at radius 3 is 2.49 bits per heavy atom. The number of ether oxygens (including phenoxy) is 2. The Bertz CT molecular complexity index is 1530. The summed E-state index contributed by atoms with van der Waals surface area (Å²) in [5, 5.41) is 13.4. The van der Waals surface area contributed by atoms with Crippen LogP contribution in [-0.2, 0) is 11.3 Å². The van der Waals surface area contributed by atoms with E-state index in [-0.39, 0.29) is 12.1 Å². The van der Waals surface area contributed by atoms with Crippen LogP contribution in [0.2, 0.25) is 0 Å². The highest BCUT2D eigenvalue weighted by Gasteiger charge is 2.44. The van der Waals surface area contributed by atoms with E-state index in [2.05, 4.69) is 16.2 Å². The van der Waals surface area contributed by atoms with Crippen molar-refractivity contribution in [3.05, 3.63) is 94.3 Å². The standard InChI is InChI=1S/C26H22F2N6O3/c1-17-11-30-24(33-14-26(13-29,15-33)36-2)10-23(17)37-19-8-6-18(7-9-19)34-25(35)32(16-31-34)12-20-21(27)4-3-5-22(20)28/h3-11,16H,12,14-15H2,1-2H3. The van der Waals surface area contributed by atoms with Crippen molar-refractivity contribution in [2.45, 2.75) is 19.1 Å². The second kappa shape index (κ2) is 9.48. The molecule has 2 aromatic heterocycles. The number of halogens is 2. The molecule has 0 saturated carbocycles. The van der Waals surface area contributed by atoms with E-state index in [9.17, 15) is 18.8 Å². The number of anilines is 1. The highest BCUT2D eigenvalue weighted by atomic mass is 19.1. The number of hydrogen-bond donors (Lipinski definition) is 0. The van der Waals surface area contributed by atoms with E-state index in [0.29, 0.717) is 36.1 Å². The average molecular weight is 504 g/mol. The Hall–Kier alpha value is -4.56. The van der Waals surface area contributed by atoms with Crippen molar-refractivity contribution in [2.24, 2.45) is 0 Å². The van der Waals surface area contributed by atoms with E-state index in [1.807, 2.05) is 11.8 Å². The molecule has 4 aromatic rings. The van der Waals surface area contributed by atoms with Crippen molar-refractivity contribution in [1.29, 1.82) is 5.26 Å². The van der Waals surface area contributed by atoms with Gasteiger partial charge < -0.3 is 14.4 Å². The van der Waals surface area contributed by atoms with Gasteiger partial charge in [0.15, 0.2) is 5.60 Å². The fourth-order valence-corrected chi connectivity index (χ4v) is 4.01. The van der Waals surface area contributed by atoms with Crippen LogP contribution in [-0.4, -0.2) is 45.1 Å². The van der Waals surface area contributed by atoms with Crippen LogP contribution in [0.3, 0.4) is 0 Å². The highest BCUT2D eigenvalue weighted by Crippen LogP contribution is 2.33. The van der Waals surface area contributed by atoms with Gasteiger partial charge in [-0.15, -0.1) is 0 Å². The minimum atomic E-state index is -0.822. The lowest BCUT2D eigenvalue weighted by Crippen LogP contribution is -2.62. The smallest absolute Gasteiger partial charge is 0.350 e. The molecule has 1 aliphatic heterocycles. The SMILES string of the molecule is COC1(C#N)CN(c2cc(Oc3ccc(-n4ncn(Cc5c(F)cccc5F)c4=O)cc3)c(C)cn2)C1. The van der Waals surface area contributed by atoms with Crippen molar-refractivity contribution in [3.63, 3.8) is 0 Å². The number of nitrogens with zero attached hydrogens (tertiary/aromatic N) is 6. The molecule has 11 heteroatoms. The molecule has 1 fully saturated rings. The van der Waals surface area contributed by atoms with Crippen molar-refractivity contribution in [3.8, 4) is 23.3 Å². The number of benzene rings is 2. The molecule has 0 radical (unpaired) electrons. The van der Waals surface area contributed by atoms with Gasteiger partial charge >= 0.3 is 5.69 Å². The first-order valence-corrected chi connectivity index (χ1v) is 11.4. The van der Waals surface area contributed by atoms with E-state index in [4.69, 9.17) is 9.47 Å². The molecule has 1 saturated heterocycles. The molecule has 37 heavy (non-hydrogen) atoms. The number of methoxy groups -OCH3 is 1.